The Labute approximate surface area is 205 Å². The summed E-state index contributed by atoms with van der Waals surface area (Å²) in [5, 5.41) is 16.6. The second-order valence-corrected chi connectivity index (χ2v) is 10.2. The average Bonchev–Trinajstić information content (AvgIpc) is 3.24. The van der Waals surface area contributed by atoms with Crippen LogP contribution >= 0.6 is 0 Å². The number of carbonyl (C=O) groups excluding carboxylic acids is 1. The van der Waals surface area contributed by atoms with Gasteiger partial charge in [-0.1, -0.05) is 36.4 Å². The number of piperidine rings is 1. The number of H-pyrrole nitrogens is 1. The topological polar surface area (TPSA) is 95.5 Å². The van der Waals surface area contributed by atoms with Crippen LogP contribution in [0, 0.1) is 11.3 Å². The Hall–Kier alpha value is -3.19. The van der Waals surface area contributed by atoms with Gasteiger partial charge in [0.05, 0.1) is 5.52 Å². The number of rotatable bonds is 7. The molecule has 5 rings (SSSR count). The van der Waals surface area contributed by atoms with Crippen molar-refractivity contribution in [1.29, 1.82) is 0 Å². The van der Waals surface area contributed by atoms with Gasteiger partial charge in [0, 0.05) is 25.1 Å². The number of ether oxygens (including phenoxy) is 1. The van der Waals surface area contributed by atoms with Crippen LogP contribution in [0.25, 0.3) is 16.5 Å². The maximum atomic E-state index is 12.6. The molecule has 2 atom stereocenters. The zero-order valence-electron chi connectivity index (χ0n) is 20.3. The summed E-state index contributed by atoms with van der Waals surface area (Å²) in [6.07, 6.45) is 12.2. The number of carboxylic acid groups (broad SMARTS) is 1. The molecule has 3 aliphatic rings. The van der Waals surface area contributed by atoms with Gasteiger partial charge in [-0.05, 0) is 80.1 Å². The molecular weight excluding hydrogens is 442 g/mol. The molecule has 184 valence electrons. The van der Waals surface area contributed by atoms with E-state index in [1.807, 2.05) is 30.0 Å². The summed E-state index contributed by atoms with van der Waals surface area (Å²) in [6, 6.07) is 5.65. The Morgan fingerprint density at radius 2 is 2.11 bits per heavy atom. The molecule has 1 aromatic heterocycles. The number of amides is 1. The van der Waals surface area contributed by atoms with Crippen LogP contribution in [0.15, 0.2) is 48.6 Å². The lowest BCUT2D eigenvalue weighted by Crippen LogP contribution is -2.44. The van der Waals surface area contributed by atoms with Crippen LogP contribution in [-0.2, 0) is 9.53 Å². The van der Waals surface area contributed by atoms with Crippen LogP contribution < -0.4 is 0 Å². The van der Waals surface area contributed by atoms with E-state index in [4.69, 9.17) is 4.74 Å². The molecule has 0 bridgehead atoms. The summed E-state index contributed by atoms with van der Waals surface area (Å²) >= 11 is 0. The fraction of sp³-hybridized carbons (Fsp3) is 0.464. The minimum atomic E-state index is -1.04. The third kappa shape index (κ3) is 4.69. The Bertz CT molecular complexity index is 1210. The van der Waals surface area contributed by atoms with Gasteiger partial charge in [0.15, 0.2) is 5.69 Å². The highest BCUT2D eigenvalue weighted by Crippen LogP contribution is 2.61. The lowest BCUT2D eigenvalue weighted by molar-refractivity contribution is -0.142. The monoisotopic (exact) mass is 475 g/mol. The van der Waals surface area contributed by atoms with Gasteiger partial charge in [-0.3, -0.25) is 9.89 Å². The Morgan fingerprint density at radius 1 is 1.31 bits per heavy atom. The molecule has 2 aliphatic heterocycles. The van der Waals surface area contributed by atoms with Crippen molar-refractivity contribution in [2.45, 2.75) is 51.6 Å². The van der Waals surface area contributed by atoms with Gasteiger partial charge in [0.25, 0.3) is 5.91 Å². The second-order valence-electron chi connectivity index (χ2n) is 10.2. The number of hydrogen-bond acceptors (Lipinski definition) is 4. The normalized spacial score (nSPS) is 23.9. The highest BCUT2D eigenvalue weighted by molar-refractivity contribution is 6.01. The van der Waals surface area contributed by atoms with Gasteiger partial charge in [0.1, 0.15) is 6.10 Å². The Morgan fingerprint density at radius 3 is 2.80 bits per heavy atom. The lowest BCUT2D eigenvalue weighted by Gasteiger charge is -2.34. The smallest absolute Gasteiger partial charge is 0.357 e. The predicted molar refractivity (Wildman–Crippen MR) is 135 cm³/mol. The number of aromatic carboxylic acids is 1. The Balaban J connectivity index is 1.15. The number of carboxylic acids is 1. The molecule has 2 saturated heterocycles. The maximum absolute atomic E-state index is 12.6. The number of carbonyl (C=O) groups is 2. The molecule has 3 heterocycles. The van der Waals surface area contributed by atoms with E-state index in [-0.39, 0.29) is 17.7 Å². The molecule has 1 aliphatic carbocycles. The third-order valence-corrected chi connectivity index (χ3v) is 8.05. The van der Waals surface area contributed by atoms with Gasteiger partial charge in [0.2, 0.25) is 0 Å². The van der Waals surface area contributed by atoms with Gasteiger partial charge >= 0.3 is 5.97 Å². The molecule has 2 aromatic rings. The summed E-state index contributed by atoms with van der Waals surface area (Å²) in [6.45, 7) is 8.70. The maximum Gasteiger partial charge on any atom is 0.357 e. The van der Waals surface area contributed by atoms with Crippen molar-refractivity contribution in [2.75, 3.05) is 19.7 Å². The van der Waals surface area contributed by atoms with Gasteiger partial charge in [-0.25, -0.2) is 4.79 Å². The first kappa shape index (κ1) is 23.5. The van der Waals surface area contributed by atoms with Gasteiger partial charge < -0.3 is 14.7 Å². The minimum Gasteiger partial charge on any atom is -0.476 e. The van der Waals surface area contributed by atoms with Crippen molar-refractivity contribution >= 4 is 28.4 Å². The zero-order chi connectivity index (χ0) is 24.6. The number of benzene rings is 1. The van der Waals surface area contributed by atoms with Crippen molar-refractivity contribution in [2.24, 2.45) is 11.3 Å². The fourth-order valence-electron chi connectivity index (χ4n) is 5.79. The predicted octanol–water partition coefficient (Wildman–Crippen LogP) is 4.97. The molecule has 35 heavy (non-hydrogen) atoms. The minimum absolute atomic E-state index is 0.0397. The SMILES string of the molecule is C=C(/C=C\C(=C/C)c1ccc2c(C(=O)O)n[nH]c2c1)CC1CC12CCN(C(=O)[C@H]1CCCO1)CC2. The molecule has 1 unspecified atom stereocenters. The first-order chi connectivity index (χ1) is 16.9. The number of nitrogens with one attached hydrogen (secondary N) is 1. The summed E-state index contributed by atoms with van der Waals surface area (Å²) in [5.74, 6) is -0.206. The van der Waals surface area contributed by atoms with Crippen LogP contribution in [0.1, 0.15) is 61.5 Å². The molecular formula is C28H33N3O4. The molecule has 1 spiro atoms. The third-order valence-electron chi connectivity index (χ3n) is 8.05. The number of hydrogen-bond donors (Lipinski definition) is 2. The highest BCUT2D eigenvalue weighted by atomic mass is 16.5. The number of aromatic amines is 1. The number of allylic oxidation sites excluding steroid dienone is 5. The quantitative estimate of drug-likeness (QED) is 0.551. The van der Waals surface area contributed by atoms with Crippen LogP contribution in [0.2, 0.25) is 0 Å². The molecule has 7 heteroatoms. The molecule has 2 N–H and O–H groups in total. The van der Waals surface area contributed by atoms with Gasteiger partial charge in [-0.15, -0.1) is 0 Å². The molecule has 0 radical (unpaired) electrons. The van der Waals surface area contributed by atoms with E-state index in [1.54, 1.807) is 6.07 Å². The summed E-state index contributed by atoms with van der Waals surface area (Å²) in [7, 11) is 0. The lowest BCUT2D eigenvalue weighted by atomic mass is 9.88. The molecule has 1 amide bonds. The van der Waals surface area contributed by atoms with E-state index >= 15 is 0 Å². The highest BCUT2D eigenvalue weighted by Gasteiger charge is 2.54. The van der Waals surface area contributed by atoms with Crippen LogP contribution in [0.4, 0.5) is 0 Å². The number of likely N-dealkylation sites (tertiary alicyclic amines) is 1. The van der Waals surface area contributed by atoms with E-state index in [2.05, 4.69) is 28.9 Å². The van der Waals surface area contributed by atoms with Gasteiger partial charge in [-0.2, -0.15) is 5.10 Å². The number of nitrogens with zero attached hydrogens (tertiary/aromatic N) is 2. The second kappa shape index (κ2) is 9.46. The van der Waals surface area contributed by atoms with E-state index in [0.717, 1.165) is 61.9 Å². The van der Waals surface area contributed by atoms with Crippen LogP contribution in [0.5, 0.6) is 0 Å². The molecule has 3 fully saturated rings. The standard InChI is InChI=1S/C28H33N3O4/c1-3-19(20-8-9-22-23(16-20)29-30-25(22)27(33)34)7-6-18(2)15-21-17-28(21)10-12-31(13-11-28)26(32)24-5-4-14-35-24/h3,6-9,16,21,24H,2,4-5,10-15,17H2,1H3,(H,29,30)(H,33,34)/b7-6-,19-3+/t21?,24-/m1/s1. The zero-order valence-corrected chi connectivity index (χ0v) is 20.3. The summed E-state index contributed by atoms with van der Waals surface area (Å²) in [5.41, 5.74) is 4.27. The summed E-state index contributed by atoms with van der Waals surface area (Å²) < 4.78 is 5.58. The molecule has 7 nitrogen and oxygen atoms in total. The van der Waals surface area contributed by atoms with Crippen molar-refractivity contribution in [3.8, 4) is 0 Å². The number of fused-ring (bicyclic) bond motifs is 1. The first-order valence-electron chi connectivity index (χ1n) is 12.5. The molecule has 1 saturated carbocycles. The fourth-order valence-corrected chi connectivity index (χ4v) is 5.79. The summed E-state index contributed by atoms with van der Waals surface area (Å²) in [4.78, 5) is 25.9. The van der Waals surface area contributed by atoms with Crippen LogP contribution in [-0.4, -0.2) is 57.9 Å². The van der Waals surface area contributed by atoms with Crippen molar-refractivity contribution in [3.05, 3.63) is 59.8 Å². The first-order valence-corrected chi connectivity index (χ1v) is 12.5. The van der Waals surface area contributed by atoms with E-state index in [1.165, 1.54) is 6.42 Å². The van der Waals surface area contributed by atoms with Crippen molar-refractivity contribution < 1.29 is 19.4 Å². The van der Waals surface area contributed by atoms with E-state index in [9.17, 15) is 14.7 Å². The van der Waals surface area contributed by atoms with E-state index in [0.29, 0.717) is 28.8 Å². The average molecular weight is 476 g/mol. The van der Waals surface area contributed by atoms with Crippen molar-refractivity contribution in [3.63, 3.8) is 0 Å². The number of aromatic nitrogens is 2. The van der Waals surface area contributed by atoms with Crippen LogP contribution in [0.3, 0.4) is 0 Å². The Kier molecular flexibility index (Phi) is 6.36. The van der Waals surface area contributed by atoms with Crippen molar-refractivity contribution in [1.82, 2.24) is 15.1 Å². The largest absolute Gasteiger partial charge is 0.476 e. The molecule has 1 aromatic carbocycles. The van der Waals surface area contributed by atoms with E-state index < -0.39 is 5.97 Å².